The Bertz CT molecular complexity index is 1210. The van der Waals surface area contributed by atoms with Crippen molar-refractivity contribution in [1.82, 2.24) is 10.3 Å². The molecule has 1 aromatic carbocycles. The quantitative estimate of drug-likeness (QED) is 0.451. The van der Waals surface area contributed by atoms with Crippen LogP contribution in [0.5, 0.6) is 5.75 Å². The van der Waals surface area contributed by atoms with Gasteiger partial charge in [0.05, 0.1) is 15.6 Å². The van der Waals surface area contributed by atoms with Gasteiger partial charge in [0.15, 0.2) is 6.61 Å². The van der Waals surface area contributed by atoms with Gasteiger partial charge < -0.3 is 14.5 Å². The largest absolute Gasteiger partial charge is 0.484 e. The van der Waals surface area contributed by atoms with Gasteiger partial charge in [-0.05, 0) is 43.7 Å². The molecule has 29 heavy (non-hydrogen) atoms. The van der Waals surface area contributed by atoms with Gasteiger partial charge in [-0.15, -0.1) is 22.7 Å². The fraction of sp³-hybridized carbons (Fsp3) is 0.190. The summed E-state index contributed by atoms with van der Waals surface area (Å²) in [6, 6.07) is 12.3. The second-order valence-electron chi connectivity index (χ2n) is 6.36. The number of rotatable bonds is 7. The number of carbonyl (C=O) groups excluding carboxylic acids is 1. The van der Waals surface area contributed by atoms with E-state index in [0.717, 1.165) is 27.4 Å². The molecule has 0 bridgehead atoms. The first-order valence-electron chi connectivity index (χ1n) is 9.01. The molecule has 0 aliphatic rings. The van der Waals surface area contributed by atoms with Crippen LogP contribution in [0, 0.1) is 6.92 Å². The lowest BCUT2D eigenvalue weighted by molar-refractivity contribution is -0.123. The minimum Gasteiger partial charge on any atom is -0.484 e. The van der Waals surface area contributed by atoms with Crippen LogP contribution >= 0.6 is 22.7 Å². The summed E-state index contributed by atoms with van der Waals surface area (Å²) in [6.07, 6.45) is 0.751. The molecule has 0 atom stereocenters. The van der Waals surface area contributed by atoms with Crippen molar-refractivity contribution in [2.75, 3.05) is 13.2 Å². The number of thiazole rings is 1. The van der Waals surface area contributed by atoms with Crippen molar-refractivity contribution in [3.05, 3.63) is 68.1 Å². The molecule has 6 nitrogen and oxygen atoms in total. The number of hydrogen-bond acceptors (Lipinski definition) is 7. The smallest absolute Gasteiger partial charge is 0.336 e. The first-order chi connectivity index (χ1) is 14.1. The number of thiophene rings is 1. The number of carbonyl (C=O) groups is 1. The molecule has 4 rings (SSSR count). The molecule has 8 heteroatoms. The lowest BCUT2D eigenvalue weighted by Gasteiger charge is -2.07. The monoisotopic (exact) mass is 426 g/mol. The summed E-state index contributed by atoms with van der Waals surface area (Å²) in [5, 5.41) is 6.76. The molecule has 0 aliphatic heterocycles. The van der Waals surface area contributed by atoms with Crippen molar-refractivity contribution in [3.63, 3.8) is 0 Å². The molecule has 1 N–H and O–H groups in total. The molecule has 0 saturated carbocycles. The molecule has 148 valence electrons. The minimum absolute atomic E-state index is 0.101. The molecule has 0 aliphatic carbocycles. The topological polar surface area (TPSA) is 81.4 Å². The van der Waals surface area contributed by atoms with Crippen molar-refractivity contribution >= 4 is 39.5 Å². The minimum atomic E-state index is -0.422. The Labute approximate surface area is 174 Å². The maximum Gasteiger partial charge on any atom is 0.336 e. The summed E-state index contributed by atoms with van der Waals surface area (Å²) in [6.45, 7) is 2.43. The number of aromatic nitrogens is 1. The zero-order valence-electron chi connectivity index (χ0n) is 15.6. The van der Waals surface area contributed by atoms with E-state index in [2.05, 4.69) is 27.8 Å². The Hall–Kier alpha value is -2.97. The van der Waals surface area contributed by atoms with Crippen LogP contribution in [0.15, 0.2) is 57.1 Å². The second-order valence-corrected chi connectivity index (χ2v) is 8.59. The molecule has 0 saturated heterocycles. The maximum atomic E-state index is 12.0. The van der Waals surface area contributed by atoms with E-state index in [-0.39, 0.29) is 12.5 Å². The van der Waals surface area contributed by atoms with Crippen molar-refractivity contribution in [2.24, 2.45) is 0 Å². The number of aryl methyl sites for hydroxylation is 1. The van der Waals surface area contributed by atoms with Crippen molar-refractivity contribution < 1.29 is 13.9 Å². The number of nitrogens with zero attached hydrogens (tertiary/aromatic N) is 1. The van der Waals surface area contributed by atoms with Gasteiger partial charge in [0.2, 0.25) is 0 Å². The van der Waals surface area contributed by atoms with Gasteiger partial charge in [-0.25, -0.2) is 9.78 Å². The van der Waals surface area contributed by atoms with Crippen LogP contribution in [-0.4, -0.2) is 24.0 Å². The Kier molecular flexibility index (Phi) is 5.73. The Morgan fingerprint density at radius 1 is 1.21 bits per heavy atom. The molecule has 0 radical (unpaired) electrons. The van der Waals surface area contributed by atoms with Gasteiger partial charge >= 0.3 is 5.63 Å². The highest BCUT2D eigenvalue weighted by molar-refractivity contribution is 7.16. The summed E-state index contributed by atoms with van der Waals surface area (Å²) >= 11 is 3.33. The van der Waals surface area contributed by atoms with Gasteiger partial charge in [-0.3, -0.25) is 4.79 Å². The molecule has 1 amide bonds. The number of amides is 1. The first kappa shape index (κ1) is 19.4. The average molecular weight is 427 g/mol. The van der Waals surface area contributed by atoms with Crippen LogP contribution in [0.1, 0.15) is 9.88 Å². The average Bonchev–Trinajstić information content (AvgIpc) is 3.35. The van der Waals surface area contributed by atoms with E-state index in [1.54, 1.807) is 46.9 Å². The highest BCUT2D eigenvalue weighted by Gasteiger charge is 2.08. The summed E-state index contributed by atoms with van der Waals surface area (Å²) in [4.78, 5) is 30.2. The normalized spacial score (nSPS) is 10.9. The predicted octanol–water partition coefficient (Wildman–Crippen LogP) is 4.02. The summed E-state index contributed by atoms with van der Waals surface area (Å²) in [5.41, 5.74) is 1.01. The van der Waals surface area contributed by atoms with Gasteiger partial charge in [0.25, 0.3) is 5.91 Å². The Morgan fingerprint density at radius 3 is 2.90 bits per heavy atom. The molecular weight excluding hydrogens is 408 g/mol. The van der Waals surface area contributed by atoms with Crippen LogP contribution in [0.2, 0.25) is 0 Å². The zero-order valence-corrected chi connectivity index (χ0v) is 17.3. The Balaban J connectivity index is 1.25. The van der Waals surface area contributed by atoms with E-state index >= 15 is 0 Å². The second kappa shape index (κ2) is 8.59. The van der Waals surface area contributed by atoms with E-state index in [1.165, 1.54) is 10.9 Å². The fourth-order valence-electron chi connectivity index (χ4n) is 2.78. The van der Waals surface area contributed by atoms with E-state index in [9.17, 15) is 9.59 Å². The van der Waals surface area contributed by atoms with Crippen LogP contribution in [-0.2, 0) is 11.2 Å². The third kappa shape index (κ3) is 4.90. The van der Waals surface area contributed by atoms with Crippen molar-refractivity contribution in [3.8, 4) is 16.3 Å². The fourth-order valence-corrected chi connectivity index (χ4v) is 4.44. The third-order valence-electron chi connectivity index (χ3n) is 4.19. The number of nitrogens with one attached hydrogen (secondary N) is 1. The lowest BCUT2D eigenvalue weighted by atomic mass is 10.2. The first-order valence-corrected chi connectivity index (χ1v) is 10.7. The van der Waals surface area contributed by atoms with E-state index in [0.29, 0.717) is 17.9 Å². The summed E-state index contributed by atoms with van der Waals surface area (Å²) in [7, 11) is 0. The molecule has 4 aromatic rings. The predicted molar refractivity (Wildman–Crippen MR) is 115 cm³/mol. The molecular formula is C21H18N2O4S2. The number of fused-ring (bicyclic) bond motifs is 1. The SMILES string of the molecule is Cc1nc(-c2ccc(CCNC(=O)COc3ccc4ccc(=O)oc4c3)s2)cs1. The van der Waals surface area contributed by atoms with Gasteiger partial charge in [0, 0.05) is 34.3 Å². The van der Waals surface area contributed by atoms with Crippen LogP contribution in [0.3, 0.4) is 0 Å². The van der Waals surface area contributed by atoms with Gasteiger partial charge in [-0.1, -0.05) is 0 Å². The van der Waals surface area contributed by atoms with E-state index in [1.807, 2.05) is 6.92 Å². The Morgan fingerprint density at radius 2 is 2.07 bits per heavy atom. The molecule has 3 heterocycles. The highest BCUT2D eigenvalue weighted by atomic mass is 32.1. The molecule has 0 spiro atoms. The maximum absolute atomic E-state index is 12.0. The zero-order chi connectivity index (χ0) is 20.2. The number of benzene rings is 1. The lowest BCUT2D eigenvalue weighted by Crippen LogP contribution is -2.30. The highest BCUT2D eigenvalue weighted by Crippen LogP contribution is 2.29. The van der Waals surface area contributed by atoms with E-state index < -0.39 is 5.63 Å². The van der Waals surface area contributed by atoms with Gasteiger partial charge in [-0.2, -0.15) is 0 Å². The standard InChI is InChI=1S/C21H18N2O4S2/c1-13-23-17(12-28-13)19-6-5-16(29-19)8-9-22-20(24)11-26-15-4-2-14-3-7-21(25)27-18(14)10-15/h2-7,10,12H,8-9,11H2,1H3,(H,22,24). The summed E-state index contributed by atoms with van der Waals surface area (Å²) < 4.78 is 10.6. The third-order valence-corrected chi connectivity index (χ3v) is 6.13. The summed E-state index contributed by atoms with van der Waals surface area (Å²) in [5.74, 6) is 0.273. The molecule has 3 aromatic heterocycles. The van der Waals surface area contributed by atoms with Crippen LogP contribution in [0.25, 0.3) is 21.5 Å². The molecule has 0 unspecified atom stereocenters. The molecule has 0 fully saturated rings. The van der Waals surface area contributed by atoms with Crippen molar-refractivity contribution in [1.29, 1.82) is 0 Å². The number of hydrogen-bond donors (Lipinski definition) is 1. The van der Waals surface area contributed by atoms with Crippen molar-refractivity contribution in [2.45, 2.75) is 13.3 Å². The van der Waals surface area contributed by atoms with Gasteiger partial charge in [0.1, 0.15) is 11.3 Å². The van der Waals surface area contributed by atoms with Crippen LogP contribution in [0.4, 0.5) is 0 Å². The van der Waals surface area contributed by atoms with E-state index in [4.69, 9.17) is 9.15 Å². The van der Waals surface area contributed by atoms with Crippen LogP contribution < -0.4 is 15.7 Å². The number of ether oxygens (including phenoxy) is 1.